The third-order valence-corrected chi connectivity index (χ3v) is 3.39. The lowest BCUT2D eigenvalue weighted by Gasteiger charge is -2.09. The highest BCUT2D eigenvalue weighted by Gasteiger charge is 2.35. The molecular weight excluding hydrogens is 284 g/mol. The fourth-order valence-corrected chi connectivity index (χ4v) is 2.05. The molecule has 0 spiro atoms. The van der Waals surface area contributed by atoms with Gasteiger partial charge in [-0.2, -0.15) is 0 Å². The standard InChI is InChI=1S/C16H18N2O4/c1-10(2)12-6-4-11(5-7-12)8-13-15(20)18(16(21)17-13)9-14(19)22-3/h4-8,10H,9H2,1-3H3,(H,17,21)/b13-8+. The molecule has 6 heteroatoms. The van der Waals surface area contributed by atoms with E-state index in [1.165, 1.54) is 12.7 Å². The molecule has 0 radical (unpaired) electrons. The van der Waals surface area contributed by atoms with E-state index in [1.54, 1.807) is 6.08 Å². The van der Waals surface area contributed by atoms with Crippen molar-refractivity contribution in [3.8, 4) is 0 Å². The summed E-state index contributed by atoms with van der Waals surface area (Å²) in [6, 6.07) is 7.09. The van der Waals surface area contributed by atoms with Crippen LogP contribution in [0.2, 0.25) is 0 Å². The van der Waals surface area contributed by atoms with Gasteiger partial charge in [-0.1, -0.05) is 38.1 Å². The van der Waals surface area contributed by atoms with Crippen molar-refractivity contribution in [3.63, 3.8) is 0 Å². The summed E-state index contributed by atoms with van der Waals surface area (Å²) < 4.78 is 4.47. The minimum atomic E-state index is -0.647. The molecule has 1 aliphatic heterocycles. The van der Waals surface area contributed by atoms with Crippen molar-refractivity contribution in [1.29, 1.82) is 0 Å². The van der Waals surface area contributed by atoms with Gasteiger partial charge >= 0.3 is 12.0 Å². The Labute approximate surface area is 128 Å². The first-order valence-electron chi connectivity index (χ1n) is 6.93. The first kappa shape index (κ1) is 15.8. The van der Waals surface area contributed by atoms with Gasteiger partial charge in [-0.15, -0.1) is 0 Å². The SMILES string of the molecule is COC(=O)CN1C(=O)N/C(=C/c2ccc(C(C)C)cc2)C1=O. The van der Waals surface area contributed by atoms with Crippen LogP contribution in [-0.2, 0) is 14.3 Å². The Morgan fingerprint density at radius 2 is 1.91 bits per heavy atom. The fourth-order valence-electron chi connectivity index (χ4n) is 2.05. The molecule has 1 heterocycles. The number of benzene rings is 1. The second kappa shape index (κ2) is 6.43. The summed E-state index contributed by atoms with van der Waals surface area (Å²) in [4.78, 5) is 35.9. The van der Waals surface area contributed by atoms with Crippen molar-refractivity contribution >= 4 is 24.0 Å². The van der Waals surface area contributed by atoms with E-state index < -0.39 is 24.5 Å². The molecular formula is C16H18N2O4. The molecule has 0 aliphatic carbocycles. The highest BCUT2D eigenvalue weighted by Crippen LogP contribution is 2.18. The number of methoxy groups -OCH3 is 1. The van der Waals surface area contributed by atoms with Crippen LogP contribution in [0, 0.1) is 0 Å². The van der Waals surface area contributed by atoms with Gasteiger partial charge in [0.05, 0.1) is 7.11 Å². The number of carbonyl (C=O) groups is 3. The Bertz CT molecular complexity index is 632. The number of hydrogen-bond donors (Lipinski definition) is 1. The maximum atomic E-state index is 12.1. The molecule has 1 aromatic carbocycles. The van der Waals surface area contributed by atoms with Crippen LogP contribution >= 0.6 is 0 Å². The fraction of sp³-hybridized carbons (Fsp3) is 0.312. The monoisotopic (exact) mass is 302 g/mol. The number of rotatable bonds is 4. The van der Waals surface area contributed by atoms with Crippen LogP contribution in [0.15, 0.2) is 30.0 Å². The Morgan fingerprint density at radius 1 is 1.27 bits per heavy atom. The first-order valence-corrected chi connectivity index (χ1v) is 6.93. The molecule has 22 heavy (non-hydrogen) atoms. The van der Waals surface area contributed by atoms with Gasteiger partial charge in [-0.25, -0.2) is 9.69 Å². The molecule has 1 aliphatic rings. The summed E-state index contributed by atoms with van der Waals surface area (Å²) in [6.45, 7) is 3.79. The quantitative estimate of drug-likeness (QED) is 0.523. The second-order valence-electron chi connectivity index (χ2n) is 5.28. The lowest BCUT2D eigenvalue weighted by molar-refractivity contribution is -0.143. The Morgan fingerprint density at radius 3 is 2.45 bits per heavy atom. The predicted octanol–water partition coefficient (Wildman–Crippen LogP) is 1.88. The van der Waals surface area contributed by atoms with Crippen LogP contribution in [0.4, 0.5) is 4.79 Å². The lowest BCUT2D eigenvalue weighted by atomic mass is 10.0. The Hall–Kier alpha value is -2.63. The maximum Gasteiger partial charge on any atom is 0.329 e. The number of imide groups is 1. The van der Waals surface area contributed by atoms with Crippen molar-refractivity contribution in [2.75, 3.05) is 13.7 Å². The zero-order valence-electron chi connectivity index (χ0n) is 12.8. The zero-order chi connectivity index (χ0) is 16.3. The number of esters is 1. The van der Waals surface area contributed by atoms with Gasteiger partial charge in [-0.3, -0.25) is 9.59 Å². The van der Waals surface area contributed by atoms with Gasteiger partial charge in [0.15, 0.2) is 0 Å². The molecule has 1 aromatic rings. The largest absolute Gasteiger partial charge is 0.468 e. The maximum absolute atomic E-state index is 12.1. The normalized spacial score (nSPS) is 16.4. The molecule has 2 rings (SSSR count). The summed E-state index contributed by atoms with van der Waals surface area (Å²) in [5, 5.41) is 2.46. The minimum absolute atomic E-state index is 0.145. The third-order valence-electron chi connectivity index (χ3n) is 3.39. The van der Waals surface area contributed by atoms with Gasteiger partial charge in [0, 0.05) is 0 Å². The number of hydrogen-bond acceptors (Lipinski definition) is 4. The molecule has 3 amide bonds. The number of ether oxygens (including phenoxy) is 1. The van der Waals surface area contributed by atoms with Crippen LogP contribution in [0.3, 0.4) is 0 Å². The topological polar surface area (TPSA) is 75.7 Å². The average molecular weight is 302 g/mol. The van der Waals surface area contributed by atoms with Gasteiger partial charge in [0.2, 0.25) is 0 Å². The summed E-state index contributed by atoms with van der Waals surface area (Å²) in [5.74, 6) is -0.764. The van der Waals surface area contributed by atoms with E-state index in [0.29, 0.717) is 5.92 Å². The number of nitrogens with zero attached hydrogens (tertiary/aromatic N) is 1. The number of carbonyl (C=O) groups excluding carboxylic acids is 3. The summed E-state index contributed by atoms with van der Waals surface area (Å²) in [6.07, 6.45) is 1.58. The van der Waals surface area contributed by atoms with Gasteiger partial charge in [0.1, 0.15) is 12.2 Å². The van der Waals surface area contributed by atoms with Gasteiger partial charge in [-0.05, 0) is 23.1 Å². The van der Waals surface area contributed by atoms with E-state index in [-0.39, 0.29) is 5.70 Å². The van der Waals surface area contributed by atoms with Crippen molar-refractivity contribution in [1.82, 2.24) is 10.2 Å². The predicted molar refractivity (Wildman–Crippen MR) is 80.8 cm³/mol. The van der Waals surface area contributed by atoms with E-state index in [4.69, 9.17) is 0 Å². The van der Waals surface area contributed by atoms with Crippen LogP contribution < -0.4 is 5.32 Å². The summed E-state index contributed by atoms with van der Waals surface area (Å²) in [5.41, 5.74) is 2.13. The van der Waals surface area contributed by atoms with E-state index in [9.17, 15) is 14.4 Å². The first-order chi connectivity index (χ1) is 10.4. The van der Waals surface area contributed by atoms with Crippen LogP contribution in [0.1, 0.15) is 30.9 Å². The minimum Gasteiger partial charge on any atom is -0.468 e. The van der Waals surface area contributed by atoms with E-state index in [2.05, 4.69) is 23.9 Å². The van der Waals surface area contributed by atoms with E-state index in [1.807, 2.05) is 24.3 Å². The molecule has 0 atom stereocenters. The molecule has 116 valence electrons. The molecule has 6 nitrogen and oxygen atoms in total. The summed E-state index contributed by atoms with van der Waals surface area (Å²) >= 11 is 0. The molecule has 1 saturated heterocycles. The van der Waals surface area contributed by atoms with Crippen LogP contribution in [-0.4, -0.2) is 36.5 Å². The van der Waals surface area contributed by atoms with Gasteiger partial charge in [0.25, 0.3) is 5.91 Å². The summed E-state index contributed by atoms with van der Waals surface area (Å²) in [7, 11) is 1.20. The molecule has 0 bridgehead atoms. The molecule has 0 unspecified atom stereocenters. The van der Waals surface area contributed by atoms with E-state index in [0.717, 1.165) is 10.5 Å². The van der Waals surface area contributed by atoms with Crippen LogP contribution in [0.5, 0.6) is 0 Å². The van der Waals surface area contributed by atoms with E-state index >= 15 is 0 Å². The third kappa shape index (κ3) is 3.33. The van der Waals surface area contributed by atoms with Crippen molar-refractivity contribution in [3.05, 3.63) is 41.1 Å². The smallest absolute Gasteiger partial charge is 0.329 e. The molecule has 0 aromatic heterocycles. The number of amides is 3. The van der Waals surface area contributed by atoms with Crippen molar-refractivity contribution in [2.24, 2.45) is 0 Å². The Kier molecular flexibility index (Phi) is 4.60. The highest BCUT2D eigenvalue weighted by molar-refractivity contribution is 6.15. The molecule has 0 saturated carbocycles. The number of urea groups is 1. The average Bonchev–Trinajstić information content (AvgIpc) is 2.75. The van der Waals surface area contributed by atoms with Crippen molar-refractivity contribution in [2.45, 2.75) is 19.8 Å². The molecule has 1 fully saturated rings. The van der Waals surface area contributed by atoms with Gasteiger partial charge < -0.3 is 10.1 Å². The number of nitrogens with one attached hydrogen (secondary N) is 1. The lowest BCUT2D eigenvalue weighted by Crippen LogP contribution is -2.36. The molecule has 1 N–H and O–H groups in total. The van der Waals surface area contributed by atoms with Crippen molar-refractivity contribution < 1.29 is 19.1 Å². The zero-order valence-corrected chi connectivity index (χ0v) is 12.8. The highest BCUT2D eigenvalue weighted by atomic mass is 16.5. The second-order valence-corrected chi connectivity index (χ2v) is 5.28. The van der Waals surface area contributed by atoms with Crippen LogP contribution in [0.25, 0.3) is 6.08 Å². The Balaban J connectivity index is 2.17.